The molecule has 4 aromatic rings. The molecule has 0 bridgehead atoms. The second-order valence-electron chi connectivity index (χ2n) is 4.74. The molecule has 0 saturated heterocycles. The zero-order chi connectivity index (χ0) is 15.8. The number of imidazole rings is 1. The van der Waals surface area contributed by atoms with E-state index in [2.05, 4.69) is 21.1 Å². The number of aromatic nitrogens is 4. The van der Waals surface area contributed by atoms with Gasteiger partial charge in [-0.25, -0.2) is 9.37 Å². The van der Waals surface area contributed by atoms with Crippen LogP contribution in [0, 0.1) is 17.1 Å². The minimum Gasteiger partial charge on any atom is -0.255 e. The molecular formula is C16H8FN5S. The Balaban J connectivity index is 1.87. The number of benzene rings is 1. The van der Waals surface area contributed by atoms with Gasteiger partial charge in [0.25, 0.3) is 0 Å². The molecule has 3 heterocycles. The first kappa shape index (κ1) is 13.5. The van der Waals surface area contributed by atoms with E-state index in [1.54, 1.807) is 30.5 Å². The molecule has 1 aromatic carbocycles. The lowest BCUT2D eigenvalue weighted by atomic mass is 10.2. The summed E-state index contributed by atoms with van der Waals surface area (Å²) in [6.07, 6.45) is 1.65. The molecule has 0 unspecified atom stereocenters. The van der Waals surface area contributed by atoms with Crippen LogP contribution in [0.1, 0.15) is 5.69 Å². The summed E-state index contributed by atoms with van der Waals surface area (Å²) >= 11 is 1.34. The molecule has 7 heteroatoms. The third-order valence-electron chi connectivity index (χ3n) is 3.31. The summed E-state index contributed by atoms with van der Waals surface area (Å²) in [5, 5.41) is 14.6. The van der Waals surface area contributed by atoms with Crippen molar-refractivity contribution in [1.29, 1.82) is 5.26 Å². The monoisotopic (exact) mass is 321 g/mol. The Morgan fingerprint density at radius 3 is 2.65 bits per heavy atom. The van der Waals surface area contributed by atoms with Crippen molar-refractivity contribution in [1.82, 2.24) is 19.6 Å². The van der Waals surface area contributed by atoms with Crippen LogP contribution in [0.2, 0.25) is 0 Å². The summed E-state index contributed by atoms with van der Waals surface area (Å²) in [7, 11) is 0. The molecule has 0 spiro atoms. The fourth-order valence-electron chi connectivity index (χ4n) is 2.24. The number of fused-ring (bicyclic) bond motifs is 1. The first-order valence-corrected chi connectivity index (χ1v) is 7.55. The van der Waals surface area contributed by atoms with Crippen LogP contribution in [0.3, 0.4) is 0 Å². The summed E-state index contributed by atoms with van der Waals surface area (Å²) in [6.45, 7) is 0. The topological polar surface area (TPSA) is 66.9 Å². The van der Waals surface area contributed by atoms with Gasteiger partial charge in [-0.2, -0.15) is 14.9 Å². The van der Waals surface area contributed by atoms with Crippen LogP contribution in [-0.4, -0.2) is 19.6 Å². The zero-order valence-corrected chi connectivity index (χ0v) is 12.5. The van der Waals surface area contributed by atoms with Crippen molar-refractivity contribution >= 4 is 16.3 Å². The maximum Gasteiger partial charge on any atom is 0.214 e. The number of pyridine rings is 1. The molecule has 5 nitrogen and oxygen atoms in total. The predicted molar refractivity (Wildman–Crippen MR) is 84.2 cm³/mol. The van der Waals surface area contributed by atoms with Crippen molar-refractivity contribution in [3.8, 4) is 28.0 Å². The highest BCUT2D eigenvalue weighted by Gasteiger charge is 2.19. The molecule has 0 aliphatic heterocycles. The van der Waals surface area contributed by atoms with E-state index in [1.165, 1.54) is 28.0 Å². The summed E-state index contributed by atoms with van der Waals surface area (Å²) in [4.78, 5) is 9.31. The van der Waals surface area contributed by atoms with Gasteiger partial charge in [0, 0.05) is 11.8 Å². The highest BCUT2D eigenvalue weighted by atomic mass is 32.1. The maximum atomic E-state index is 13.0. The number of nitrogens with zero attached hydrogens (tertiary/aromatic N) is 5. The second kappa shape index (κ2) is 5.26. The Bertz CT molecular complexity index is 1030. The van der Waals surface area contributed by atoms with Gasteiger partial charge < -0.3 is 0 Å². The minimum absolute atomic E-state index is 0.301. The number of halogens is 1. The maximum absolute atomic E-state index is 13.0. The fraction of sp³-hybridized carbons (Fsp3) is 0. The van der Waals surface area contributed by atoms with E-state index in [0.29, 0.717) is 27.1 Å². The largest absolute Gasteiger partial charge is 0.255 e. The molecule has 0 atom stereocenters. The molecule has 23 heavy (non-hydrogen) atoms. The lowest BCUT2D eigenvalue weighted by Gasteiger charge is -1.96. The van der Waals surface area contributed by atoms with Crippen molar-refractivity contribution in [3.63, 3.8) is 0 Å². The number of hydrogen-bond donors (Lipinski definition) is 0. The molecular weight excluding hydrogens is 313 g/mol. The Labute approximate surface area is 134 Å². The van der Waals surface area contributed by atoms with Crippen molar-refractivity contribution in [3.05, 3.63) is 60.2 Å². The molecule has 0 N–H and O–H groups in total. The number of rotatable bonds is 2. The minimum atomic E-state index is -0.301. The molecule has 0 aliphatic rings. The molecule has 0 radical (unpaired) electrons. The van der Waals surface area contributed by atoms with Crippen LogP contribution in [0.5, 0.6) is 0 Å². The van der Waals surface area contributed by atoms with Crippen LogP contribution in [0.15, 0.2) is 48.7 Å². The summed E-state index contributed by atoms with van der Waals surface area (Å²) in [5.74, 6) is -0.301. The van der Waals surface area contributed by atoms with Gasteiger partial charge in [-0.15, -0.1) is 0 Å². The van der Waals surface area contributed by atoms with Crippen LogP contribution in [-0.2, 0) is 0 Å². The van der Waals surface area contributed by atoms with E-state index in [4.69, 9.17) is 0 Å². The first-order valence-electron chi connectivity index (χ1n) is 6.73. The van der Waals surface area contributed by atoms with Crippen LogP contribution < -0.4 is 0 Å². The van der Waals surface area contributed by atoms with Gasteiger partial charge in [-0.1, -0.05) is 17.4 Å². The van der Waals surface area contributed by atoms with Crippen LogP contribution in [0.4, 0.5) is 4.39 Å². The van der Waals surface area contributed by atoms with Crippen LogP contribution in [0.25, 0.3) is 26.9 Å². The molecule has 0 fully saturated rings. The summed E-state index contributed by atoms with van der Waals surface area (Å²) in [6, 6.07) is 13.6. The lowest BCUT2D eigenvalue weighted by Crippen LogP contribution is -1.92. The summed E-state index contributed by atoms with van der Waals surface area (Å²) < 4.78 is 14.5. The molecule has 0 amide bonds. The molecule has 110 valence electrons. The standard InChI is InChI=1S/C16H8FN5S/c17-11-6-4-10(5-7-11)15-21-22-13(9-18)14(20-16(22)23-15)12-3-1-2-8-19-12/h1-8H. The molecule has 0 aliphatic carbocycles. The van der Waals surface area contributed by atoms with Crippen molar-refractivity contribution in [2.24, 2.45) is 0 Å². The number of nitriles is 1. The molecule has 4 rings (SSSR count). The van der Waals surface area contributed by atoms with Gasteiger partial charge in [-0.3, -0.25) is 4.98 Å². The number of hydrogen-bond acceptors (Lipinski definition) is 5. The average molecular weight is 321 g/mol. The van der Waals surface area contributed by atoms with Gasteiger partial charge >= 0.3 is 0 Å². The van der Waals surface area contributed by atoms with Gasteiger partial charge in [0.15, 0.2) is 5.69 Å². The Kier molecular flexibility index (Phi) is 3.10. The van der Waals surface area contributed by atoms with Gasteiger partial charge in [0.1, 0.15) is 22.6 Å². The van der Waals surface area contributed by atoms with Crippen molar-refractivity contribution < 1.29 is 4.39 Å². The van der Waals surface area contributed by atoms with E-state index in [9.17, 15) is 9.65 Å². The quantitative estimate of drug-likeness (QED) is 0.566. The van der Waals surface area contributed by atoms with Crippen molar-refractivity contribution in [2.45, 2.75) is 0 Å². The highest BCUT2D eigenvalue weighted by molar-refractivity contribution is 7.19. The Morgan fingerprint density at radius 2 is 1.96 bits per heavy atom. The van der Waals surface area contributed by atoms with Crippen molar-refractivity contribution in [2.75, 3.05) is 0 Å². The van der Waals surface area contributed by atoms with E-state index in [1.807, 2.05) is 6.07 Å². The Hall–Kier alpha value is -3.11. The lowest BCUT2D eigenvalue weighted by molar-refractivity contribution is 0.628. The van der Waals surface area contributed by atoms with E-state index in [0.717, 1.165) is 5.56 Å². The average Bonchev–Trinajstić information content (AvgIpc) is 3.13. The van der Waals surface area contributed by atoms with E-state index >= 15 is 0 Å². The smallest absolute Gasteiger partial charge is 0.214 e. The van der Waals surface area contributed by atoms with Gasteiger partial charge in [0.2, 0.25) is 4.96 Å². The normalized spacial score (nSPS) is 10.8. The highest BCUT2D eigenvalue weighted by Crippen LogP contribution is 2.30. The molecule has 0 saturated carbocycles. The third kappa shape index (κ3) is 2.25. The van der Waals surface area contributed by atoms with Crippen LogP contribution >= 0.6 is 11.3 Å². The SMILES string of the molecule is N#Cc1c(-c2ccccn2)nc2sc(-c3ccc(F)cc3)nn12. The predicted octanol–water partition coefficient (Wildman–Crippen LogP) is 3.53. The van der Waals surface area contributed by atoms with Gasteiger partial charge in [0.05, 0.1) is 5.69 Å². The first-order chi connectivity index (χ1) is 11.3. The Morgan fingerprint density at radius 1 is 1.13 bits per heavy atom. The third-order valence-corrected chi connectivity index (χ3v) is 4.27. The second-order valence-corrected chi connectivity index (χ2v) is 5.70. The summed E-state index contributed by atoms with van der Waals surface area (Å²) in [5.41, 5.74) is 2.26. The van der Waals surface area contributed by atoms with Gasteiger partial charge in [-0.05, 0) is 36.4 Å². The van der Waals surface area contributed by atoms with E-state index < -0.39 is 0 Å². The van der Waals surface area contributed by atoms with E-state index in [-0.39, 0.29) is 5.82 Å². The molecule has 3 aromatic heterocycles. The fourth-order valence-corrected chi connectivity index (χ4v) is 3.14. The zero-order valence-electron chi connectivity index (χ0n) is 11.6.